The minimum atomic E-state index is 0. The van der Waals surface area contributed by atoms with Crippen molar-refractivity contribution in [3.8, 4) is 5.88 Å². The van der Waals surface area contributed by atoms with Gasteiger partial charge in [0.1, 0.15) is 0 Å². The average Bonchev–Trinajstić information content (AvgIpc) is 2.07. The van der Waals surface area contributed by atoms with E-state index in [9.17, 15) is 4.91 Å². The molecule has 0 aromatic carbocycles. The van der Waals surface area contributed by atoms with Gasteiger partial charge in [0.15, 0.2) is 0 Å². The largest absolute Gasteiger partial charge is 1.00 e. The van der Waals surface area contributed by atoms with Crippen LogP contribution in [0.2, 0.25) is 0 Å². The van der Waals surface area contributed by atoms with Crippen LogP contribution in [0.4, 0.5) is 5.69 Å². The summed E-state index contributed by atoms with van der Waals surface area (Å²) in [4.78, 5) is 13.5. The SMILES string of the molecule is COc1ccc(NN=O)cn1.[Na+]. The summed E-state index contributed by atoms with van der Waals surface area (Å²) < 4.78 is 4.80. The van der Waals surface area contributed by atoms with Gasteiger partial charge in [0, 0.05) is 6.07 Å². The third kappa shape index (κ3) is 3.17. The van der Waals surface area contributed by atoms with Gasteiger partial charge in [-0.3, -0.25) is 0 Å². The molecule has 0 unspecified atom stereocenters. The molecule has 0 aliphatic heterocycles. The molecule has 6 heteroatoms. The summed E-state index contributed by atoms with van der Waals surface area (Å²) in [6.07, 6.45) is 1.46. The van der Waals surface area contributed by atoms with Crippen molar-refractivity contribution in [2.75, 3.05) is 12.5 Å². The standard InChI is InChI=1S/C6H7N3O2.Na/c1-11-6-3-2-5(4-7-6)8-9-10;/h2-4H,1H3,(H,8,10);/q;+1. The molecule has 12 heavy (non-hydrogen) atoms. The van der Waals surface area contributed by atoms with E-state index in [1.165, 1.54) is 13.3 Å². The van der Waals surface area contributed by atoms with Crippen molar-refractivity contribution in [3.05, 3.63) is 23.2 Å². The molecule has 1 rings (SSSR count). The van der Waals surface area contributed by atoms with E-state index in [1.807, 2.05) is 0 Å². The molecule has 5 nitrogen and oxygen atoms in total. The van der Waals surface area contributed by atoms with Crippen molar-refractivity contribution in [2.45, 2.75) is 0 Å². The fourth-order valence-electron chi connectivity index (χ4n) is 0.620. The van der Waals surface area contributed by atoms with Crippen molar-refractivity contribution in [1.82, 2.24) is 4.98 Å². The number of aromatic nitrogens is 1. The Balaban J connectivity index is 0.00000121. The third-order valence-corrected chi connectivity index (χ3v) is 1.12. The minimum absolute atomic E-state index is 0. The molecule has 0 saturated heterocycles. The number of nitroso groups, excluding NO2 is 1. The van der Waals surface area contributed by atoms with Crippen LogP contribution in [-0.2, 0) is 0 Å². The Morgan fingerprint density at radius 3 is 2.75 bits per heavy atom. The maximum absolute atomic E-state index is 9.71. The van der Waals surface area contributed by atoms with E-state index in [-0.39, 0.29) is 29.6 Å². The van der Waals surface area contributed by atoms with Crippen LogP contribution in [0, 0.1) is 4.91 Å². The maximum Gasteiger partial charge on any atom is 1.00 e. The number of ether oxygens (including phenoxy) is 1. The van der Waals surface area contributed by atoms with Gasteiger partial charge >= 0.3 is 29.6 Å². The molecule has 1 aromatic rings. The fourth-order valence-corrected chi connectivity index (χ4v) is 0.620. The van der Waals surface area contributed by atoms with Gasteiger partial charge in [0.05, 0.1) is 24.3 Å². The van der Waals surface area contributed by atoms with Gasteiger partial charge < -0.3 is 4.74 Å². The van der Waals surface area contributed by atoms with E-state index in [0.717, 1.165) is 0 Å². The van der Waals surface area contributed by atoms with Gasteiger partial charge in [0.2, 0.25) is 5.88 Å². The minimum Gasteiger partial charge on any atom is -0.481 e. The number of methoxy groups -OCH3 is 1. The van der Waals surface area contributed by atoms with Crippen molar-refractivity contribution < 1.29 is 34.3 Å². The Kier molecular flexibility index (Phi) is 5.61. The Hall–Kier alpha value is -0.650. The van der Waals surface area contributed by atoms with Crippen LogP contribution in [-0.4, -0.2) is 12.1 Å². The second-order valence-corrected chi connectivity index (χ2v) is 1.79. The summed E-state index contributed by atoms with van der Waals surface area (Å²) in [6, 6.07) is 3.28. The molecule has 0 bridgehead atoms. The van der Waals surface area contributed by atoms with E-state index in [0.29, 0.717) is 11.6 Å². The second kappa shape index (κ2) is 5.93. The molecular formula is C6H7N3NaO2+. The van der Waals surface area contributed by atoms with Crippen molar-refractivity contribution in [1.29, 1.82) is 0 Å². The Bertz CT molecular complexity index is 239. The predicted octanol–water partition coefficient (Wildman–Crippen LogP) is -1.81. The van der Waals surface area contributed by atoms with Crippen LogP contribution in [0.15, 0.2) is 23.6 Å². The summed E-state index contributed by atoms with van der Waals surface area (Å²) in [5.74, 6) is 0.501. The van der Waals surface area contributed by atoms with Gasteiger partial charge in [-0.1, -0.05) is 0 Å². The zero-order valence-corrected chi connectivity index (χ0v) is 8.94. The summed E-state index contributed by atoms with van der Waals surface area (Å²) >= 11 is 0. The molecule has 0 radical (unpaired) electrons. The summed E-state index contributed by atoms with van der Waals surface area (Å²) in [7, 11) is 1.52. The van der Waals surface area contributed by atoms with Crippen LogP contribution in [0.5, 0.6) is 5.88 Å². The smallest absolute Gasteiger partial charge is 0.481 e. The van der Waals surface area contributed by atoms with Crippen LogP contribution in [0.25, 0.3) is 0 Å². The van der Waals surface area contributed by atoms with Gasteiger partial charge in [-0.25, -0.2) is 10.4 Å². The average molecular weight is 176 g/mol. The topological polar surface area (TPSA) is 63.6 Å². The predicted molar refractivity (Wildman–Crippen MR) is 40.2 cm³/mol. The quantitative estimate of drug-likeness (QED) is 0.335. The molecule has 0 saturated carbocycles. The zero-order chi connectivity index (χ0) is 8.10. The van der Waals surface area contributed by atoms with Crippen LogP contribution < -0.4 is 39.7 Å². The van der Waals surface area contributed by atoms with E-state index >= 15 is 0 Å². The molecule has 0 aliphatic carbocycles. The summed E-state index contributed by atoms with van der Waals surface area (Å²) in [5.41, 5.74) is 2.75. The Morgan fingerprint density at radius 1 is 1.58 bits per heavy atom. The number of hydrogen-bond donors (Lipinski definition) is 1. The number of nitrogens with one attached hydrogen (secondary N) is 1. The summed E-state index contributed by atoms with van der Waals surface area (Å²) in [5, 5.41) is 2.48. The number of nitrogens with zero attached hydrogens (tertiary/aromatic N) is 2. The van der Waals surface area contributed by atoms with Crippen molar-refractivity contribution in [2.24, 2.45) is 5.29 Å². The fraction of sp³-hybridized carbons (Fsp3) is 0.167. The number of pyridine rings is 1. The van der Waals surface area contributed by atoms with Crippen molar-refractivity contribution in [3.63, 3.8) is 0 Å². The molecule has 1 heterocycles. The molecular weight excluding hydrogens is 169 g/mol. The normalized spacial score (nSPS) is 8.08. The second-order valence-electron chi connectivity index (χ2n) is 1.79. The molecule has 0 aliphatic rings. The first-order valence-electron chi connectivity index (χ1n) is 2.95. The van der Waals surface area contributed by atoms with Crippen molar-refractivity contribution >= 4 is 5.69 Å². The maximum atomic E-state index is 9.71. The first-order valence-corrected chi connectivity index (χ1v) is 2.95. The number of rotatable bonds is 3. The van der Waals surface area contributed by atoms with Crippen LogP contribution >= 0.6 is 0 Å². The van der Waals surface area contributed by atoms with Gasteiger partial charge in [-0.15, -0.1) is 4.91 Å². The summed E-state index contributed by atoms with van der Waals surface area (Å²) in [6.45, 7) is 0. The molecule has 1 aromatic heterocycles. The first kappa shape index (κ1) is 11.4. The number of hydrogen-bond acceptors (Lipinski definition) is 4. The molecule has 0 atom stereocenters. The monoisotopic (exact) mass is 176 g/mol. The molecule has 58 valence electrons. The van der Waals surface area contributed by atoms with Gasteiger partial charge in [-0.2, -0.15) is 0 Å². The van der Waals surface area contributed by atoms with E-state index < -0.39 is 0 Å². The first-order chi connectivity index (χ1) is 5.36. The molecule has 0 spiro atoms. The Labute approximate surface area is 91.8 Å². The third-order valence-electron chi connectivity index (χ3n) is 1.12. The van der Waals surface area contributed by atoms with E-state index in [2.05, 4.69) is 15.7 Å². The van der Waals surface area contributed by atoms with Gasteiger partial charge in [-0.05, 0) is 6.07 Å². The zero-order valence-electron chi connectivity index (χ0n) is 6.94. The Morgan fingerprint density at radius 2 is 2.33 bits per heavy atom. The van der Waals surface area contributed by atoms with E-state index in [4.69, 9.17) is 4.74 Å². The van der Waals surface area contributed by atoms with Crippen LogP contribution in [0.1, 0.15) is 0 Å². The molecule has 0 amide bonds. The molecule has 1 N–H and O–H groups in total. The molecule has 0 fully saturated rings. The van der Waals surface area contributed by atoms with Gasteiger partial charge in [0.25, 0.3) is 0 Å². The number of anilines is 1. The van der Waals surface area contributed by atoms with E-state index in [1.54, 1.807) is 12.1 Å². The van der Waals surface area contributed by atoms with Crippen LogP contribution in [0.3, 0.4) is 0 Å².